The minimum absolute atomic E-state index is 0.386. The van der Waals surface area contributed by atoms with Crippen molar-refractivity contribution in [2.24, 2.45) is 5.92 Å². The lowest BCUT2D eigenvalue weighted by Gasteiger charge is -2.33. The summed E-state index contributed by atoms with van der Waals surface area (Å²) in [4.78, 5) is 2.34. The van der Waals surface area contributed by atoms with Crippen LogP contribution in [0.4, 0.5) is 5.69 Å². The summed E-state index contributed by atoms with van der Waals surface area (Å²) in [5, 5.41) is 10.1. The van der Waals surface area contributed by atoms with Crippen LogP contribution in [0.15, 0.2) is 24.3 Å². The maximum atomic E-state index is 10.1. The number of likely N-dealkylation sites (tertiary alicyclic amines) is 1. The van der Waals surface area contributed by atoms with Crippen LogP contribution in [-0.4, -0.2) is 49.0 Å². The summed E-state index contributed by atoms with van der Waals surface area (Å²) >= 11 is 0. The van der Waals surface area contributed by atoms with E-state index in [2.05, 4.69) is 30.9 Å². The summed E-state index contributed by atoms with van der Waals surface area (Å²) in [7, 11) is 0. The van der Waals surface area contributed by atoms with E-state index < -0.39 is 0 Å². The second-order valence-corrected chi connectivity index (χ2v) is 6.83. The van der Waals surface area contributed by atoms with Gasteiger partial charge in [0.2, 0.25) is 0 Å². The van der Waals surface area contributed by atoms with Crippen molar-refractivity contribution in [3.05, 3.63) is 29.8 Å². The van der Waals surface area contributed by atoms with Gasteiger partial charge in [-0.25, -0.2) is 0 Å². The number of hydrogen-bond donors (Lipinski definition) is 2. The van der Waals surface area contributed by atoms with Gasteiger partial charge in [0, 0.05) is 18.8 Å². The van der Waals surface area contributed by atoms with E-state index in [0.29, 0.717) is 31.6 Å². The number of nitrogen functional groups attached to an aromatic ring is 1. The zero-order valence-electron chi connectivity index (χ0n) is 13.9. The Labute approximate surface area is 134 Å². The van der Waals surface area contributed by atoms with Crippen molar-refractivity contribution in [2.75, 3.05) is 38.6 Å². The molecule has 1 aliphatic heterocycles. The number of nitrogens with two attached hydrogens (primary N) is 1. The topological polar surface area (TPSA) is 58.7 Å². The van der Waals surface area contributed by atoms with Crippen LogP contribution in [-0.2, 0) is 4.74 Å². The third-order valence-electron chi connectivity index (χ3n) is 4.20. The fourth-order valence-corrected chi connectivity index (χ4v) is 3.05. The lowest BCUT2D eigenvalue weighted by atomic mass is 9.89. The summed E-state index contributed by atoms with van der Waals surface area (Å²) < 4.78 is 5.51. The molecule has 1 aromatic rings. The number of ether oxygens (including phenoxy) is 1. The smallest absolute Gasteiger partial charge is 0.0900 e. The Morgan fingerprint density at radius 2 is 2.00 bits per heavy atom. The Morgan fingerprint density at radius 3 is 2.64 bits per heavy atom. The quantitative estimate of drug-likeness (QED) is 0.760. The lowest BCUT2D eigenvalue weighted by molar-refractivity contribution is 0.00469. The summed E-state index contributed by atoms with van der Waals surface area (Å²) in [5.74, 6) is 1.11. The molecule has 1 unspecified atom stereocenters. The molecule has 0 bridgehead atoms. The summed E-state index contributed by atoms with van der Waals surface area (Å²) in [5.41, 5.74) is 8.06. The van der Waals surface area contributed by atoms with Crippen molar-refractivity contribution in [1.29, 1.82) is 0 Å². The molecule has 0 spiro atoms. The number of β-amino-alcohol motifs (C(OH)–C–C–N with tert-alkyl or cyclic N) is 1. The molecule has 1 aromatic carbocycles. The van der Waals surface area contributed by atoms with Crippen molar-refractivity contribution >= 4 is 5.69 Å². The van der Waals surface area contributed by atoms with Gasteiger partial charge < -0.3 is 20.5 Å². The average Bonchev–Trinajstić information content (AvgIpc) is 2.47. The Hall–Kier alpha value is -1.10. The molecular formula is C18H30N2O2. The van der Waals surface area contributed by atoms with Crippen LogP contribution in [0.5, 0.6) is 0 Å². The normalized spacial score (nSPS) is 18.7. The number of aliphatic hydroxyl groups excluding tert-OH is 1. The Morgan fingerprint density at radius 1 is 1.27 bits per heavy atom. The predicted molar refractivity (Wildman–Crippen MR) is 90.9 cm³/mol. The Kier molecular flexibility index (Phi) is 6.68. The molecule has 0 amide bonds. The maximum Gasteiger partial charge on any atom is 0.0900 e. The molecule has 2 rings (SSSR count). The van der Waals surface area contributed by atoms with E-state index in [1.54, 1.807) is 0 Å². The first kappa shape index (κ1) is 17.3. The van der Waals surface area contributed by atoms with Gasteiger partial charge >= 0.3 is 0 Å². The number of anilines is 1. The SMILES string of the molecule is CC(C)COCC(O)CN1CCC(c2cccc(N)c2)CC1. The number of benzene rings is 1. The largest absolute Gasteiger partial charge is 0.399 e. The number of nitrogens with zero attached hydrogens (tertiary/aromatic N) is 1. The number of aliphatic hydroxyl groups is 1. The molecule has 1 saturated heterocycles. The molecule has 4 nitrogen and oxygen atoms in total. The van der Waals surface area contributed by atoms with Crippen molar-refractivity contribution < 1.29 is 9.84 Å². The number of piperidine rings is 1. The highest BCUT2D eigenvalue weighted by Crippen LogP contribution is 2.28. The summed E-state index contributed by atoms with van der Waals surface area (Å²) in [6.07, 6.45) is 1.87. The molecule has 22 heavy (non-hydrogen) atoms. The van der Waals surface area contributed by atoms with Crippen LogP contribution < -0.4 is 5.73 Å². The minimum atomic E-state index is -0.386. The van der Waals surface area contributed by atoms with Crippen LogP contribution in [0.25, 0.3) is 0 Å². The van der Waals surface area contributed by atoms with Crippen LogP contribution in [0.1, 0.15) is 38.2 Å². The van der Waals surface area contributed by atoms with E-state index in [9.17, 15) is 5.11 Å². The van der Waals surface area contributed by atoms with Gasteiger partial charge in [-0.15, -0.1) is 0 Å². The highest BCUT2D eigenvalue weighted by molar-refractivity contribution is 5.41. The molecule has 1 heterocycles. The van der Waals surface area contributed by atoms with Crippen LogP contribution in [0, 0.1) is 5.92 Å². The highest BCUT2D eigenvalue weighted by atomic mass is 16.5. The molecule has 1 aliphatic rings. The summed E-state index contributed by atoms with van der Waals surface area (Å²) in [6, 6.07) is 8.24. The van der Waals surface area contributed by atoms with E-state index in [1.807, 2.05) is 12.1 Å². The lowest BCUT2D eigenvalue weighted by Crippen LogP contribution is -2.40. The fraction of sp³-hybridized carbons (Fsp3) is 0.667. The number of hydrogen-bond acceptors (Lipinski definition) is 4. The van der Waals surface area contributed by atoms with E-state index in [4.69, 9.17) is 10.5 Å². The molecule has 4 heteroatoms. The van der Waals surface area contributed by atoms with E-state index in [0.717, 1.165) is 31.6 Å². The van der Waals surface area contributed by atoms with Gasteiger partial charge in [-0.2, -0.15) is 0 Å². The molecule has 1 atom stereocenters. The average molecular weight is 306 g/mol. The van der Waals surface area contributed by atoms with Crippen molar-refractivity contribution in [1.82, 2.24) is 4.90 Å². The fourth-order valence-electron chi connectivity index (χ4n) is 3.05. The van der Waals surface area contributed by atoms with Crippen molar-refractivity contribution in [2.45, 2.75) is 38.7 Å². The summed E-state index contributed by atoms with van der Waals surface area (Å²) in [6.45, 7) is 8.16. The van der Waals surface area contributed by atoms with Gasteiger partial charge in [0.25, 0.3) is 0 Å². The van der Waals surface area contributed by atoms with Gasteiger partial charge in [-0.1, -0.05) is 26.0 Å². The Balaban J connectivity index is 1.70. The molecule has 124 valence electrons. The van der Waals surface area contributed by atoms with E-state index in [-0.39, 0.29) is 6.10 Å². The van der Waals surface area contributed by atoms with Gasteiger partial charge in [0.1, 0.15) is 0 Å². The van der Waals surface area contributed by atoms with Crippen molar-refractivity contribution in [3.63, 3.8) is 0 Å². The minimum Gasteiger partial charge on any atom is -0.399 e. The standard InChI is InChI=1S/C18H30N2O2/c1-14(2)12-22-13-18(21)11-20-8-6-15(7-9-20)16-4-3-5-17(19)10-16/h3-5,10,14-15,18,21H,6-9,11-13,19H2,1-2H3. The second kappa shape index (κ2) is 8.51. The third-order valence-corrected chi connectivity index (χ3v) is 4.20. The molecular weight excluding hydrogens is 276 g/mol. The van der Waals surface area contributed by atoms with E-state index in [1.165, 1.54) is 5.56 Å². The van der Waals surface area contributed by atoms with E-state index >= 15 is 0 Å². The third kappa shape index (κ3) is 5.59. The van der Waals surface area contributed by atoms with Gasteiger partial charge in [-0.3, -0.25) is 0 Å². The maximum absolute atomic E-state index is 10.1. The van der Waals surface area contributed by atoms with Crippen LogP contribution >= 0.6 is 0 Å². The van der Waals surface area contributed by atoms with Crippen molar-refractivity contribution in [3.8, 4) is 0 Å². The molecule has 0 aromatic heterocycles. The molecule has 0 saturated carbocycles. The first-order chi connectivity index (χ1) is 10.5. The highest BCUT2D eigenvalue weighted by Gasteiger charge is 2.22. The molecule has 0 radical (unpaired) electrons. The van der Waals surface area contributed by atoms with Crippen LogP contribution in [0.2, 0.25) is 0 Å². The van der Waals surface area contributed by atoms with Crippen LogP contribution in [0.3, 0.4) is 0 Å². The zero-order valence-corrected chi connectivity index (χ0v) is 13.9. The second-order valence-electron chi connectivity index (χ2n) is 6.83. The first-order valence-corrected chi connectivity index (χ1v) is 8.38. The predicted octanol–water partition coefficient (Wildman–Crippen LogP) is 2.48. The van der Waals surface area contributed by atoms with Gasteiger partial charge in [-0.05, 0) is 55.5 Å². The van der Waals surface area contributed by atoms with Gasteiger partial charge in [0.15, 0.2) is 0 Å². The zero-order chi connectivity index (χ0) is 15.9. The first-order valence-electron chi connectivity index (χ1n) is 8.38. The number of rotatable bonds is 7. The van der Waals surface area contributed by atoms with Gasteiger partial charge in [0.05, 0.1) is 12.7 Å². The Bertz CT molecular complexity index is 442. The molecule has 3 N–H and O–H groups in total. The monoisotopic (exact) mass is 306 g/mol. The molecule has 0 aliphatic carbocycles. The molecule has 1 fully saturated rings.